The van der Waals surface area contributed by atoms with E-state index in [0.717, 1.165) is 4.90 Å². The Hall–Kier alpha value is -1.69. The Labute approximate surface area is 118 Å². The van der Waals surface area contributed by atoms with E-state index >= 15 is 0 Å². The molecule has 2 rings (SSSR count). The predicted molar refractivity (Wildman–Crippen MR) is 72.1 cm³/mol. The highest BCUT2D eigenvalue weighted by atomic mass is 79.9. The summed E-state index contributed by atoms with van der Waals surface area (Å²) in [7, 11) is 0. The molecule has 2 amide bonds. The van der Waals surface area contributed by atoms with E-state index in [2.05, 4.69) is 15.9 Å². The van der Waals surface area contributed by atoms with Crippen LogP contribution in [0.4, 0.5) is 5.69 Å². The molecule has 19 heavy (non-hydrogen) atoms. The minimum absolute atomic E-state index is 0.102. The van der Waals surface area contributed by atoms with E-state index in [1.165, 1.54) is 18.2 Å². The fraction of sp³-hybridized carbons (Fsp3) is 0.308. The van der Waals surface area contributed by atoms with E-state index < -0.39 is 5.97 Å². The molecule has 1 fully saturated rings. The first-order chi connectivity index (χ1) is 9.00. The van der Waals surface area contributed by atoms with Gasteiger partial charge in [0.05, 0.1) is 11.3 Å². The van der Waals surface area contributed by atoms with Gasteiger partial charge in [0.15, 0.2) is 0 Å². The molecule has 0 saturated carbocycles. The van der Waals surface area contributed by atoms with Gasteiger partial charge >= 0.3 is 5.97 Å². The summed E-state index contributed by atoms with van der Waals surface area (Å²) >= 11 is 3.22. The first-order valence-corrected chi connectivity index (χ1v) is 6.68. The first-order valence-electron chi connectivity index (χ1n) is 5.89. The van der Waals surface area contributed by atoms with Crippen molar-refractivity contribution in [2.24, 2.45) is 0 Å². The smallest absolute Gasteiger partial charge is 0.335 e. The second-order valence-corrected chi connectivity index (χ2v) is 5.16. The molecule has 1 aliphatic heterocycles. The third kappa shape index (κ3) is 2.84. The molecular formula is C13H12BrNO4. The number of amides is 2. The standard InChI is InChI=1S/C13H12BrNO4/c14-9-7-8(13(18)19)5-6-10(9)15-11(16)3-1-2-4-12(15)17/h5-7H,1-4H2,(H,18,19). The molecule has 1 aromatic rings. The molecule has 100 valence electrons. The number of imide groups is 1. The van der Waals surface area contributed by atoms with Crippen LogP contribution in [0.25, 0.3) is 0 Å². The fourth-order valence-electron chi connectivity index (χ4n) is 2.01. The molecule has 1 saturated heterocycles. The van der Waals surface area contributed by atoms with E-state index in [4.69, 9.17) is 5.11 Å². The van der Waals surface area contributed by atoms with E-state index in [1.54, 1.807) is 0 Å². The Morgan fingerprint density at radius 2 is 1.74 bits per heavy atom. The quantitative estimate of drug-likeness (QED) is 0.848. The van der Waals surface area contributed by atoms with Gasteiger partial charge in [0.1, 0.15) is 0 Å². The summed E-state index contributed by atoms with van der Waals surface area (Å²) in [4.78, 5) is 35.9. The van der Waals surface area contributed by atoms with Gasteiger partial charge in [-0.1, -0.05) is 0 Å². The van der Waals surface area contributed by atoms with Gasteiger partial charge in [-0.15, -0.1) is 0 Å². The number of rotatable bonds is 2. The monoisotopic (exact) mass is 325 g/mol. The van der Waals surface area contributed by atoms with Crippen molar-refractivity contribution in [3.05, 3.63) is 28.2 Å². The lowest BCUT2D eigenvalue weighted by atomic mass is 10.2. The maximum absolute atomic E-state index is 12.0. The van der Waals surface area contributed by atoms with Gasteiger partial charge in [0, 0.05) is 17.3 Å². The van der Waals surface area contributed by atoms with Crippen LogP contribution in [-0.4, -0.2) is 22.9 Å². The van der Waals surface area contributed by atoms with Crippen LogP contribution < -0.4 is 4.90 Å². The summed E-state index contributed by atoms with van der Waals surface area (Å²) in [5, 5.41) is 8.89. The van der Waals surface area contributed by atoms with E-state index in [0.29, 0.717) is 35.8 Å². The first kappa shape index (κ1) is 13.7. The van der Waals surface area contributed by atoms with Crippen molar-refractivity contribution in [3.8, 4) is 0 Å². The normalized spacial score (nSPS) is 16.4. The average Bonchev–Trinajstić information content (AvgIpc) is 2.51. The maximum atomic E-state index is 12.0. The van der Waals surface area contributed by atoms with Crippen LogP contribution in [-0.2, 0) is 9.59 Å². The number of aromatic carboxylic acids is 1. The predicted octanol–water partition coefficient (Wildman–Crippen LogP) is 2.58. The van der Waals surface area contributed by atoms with Crippen LogP contribution in [0.5, 0.6) is 0 Å². The highest BCUT2D eigenvalue weighted by molar-refractivity contribution is 9.10. The second kappa shape index (κ2) is 5.52. The lowest BCUT2D eigenvalue weighted by molar-refractivity contribution is -0.125. The third-order valence-electron chi connectivity index (χ3n) is 2.97. The molecule has 0 radical (unpaired) electrons. The molecule has 1 aromatic carbocycles. The van der Waals surface area contributed by atoms with Crippen LogP contribution in [0.2, 0.25) is 0 Å². The van der Waals surface area contributed by atoms with Gasteiger partial charge in [-0.2, -0.15) is 0 Å². The molecule has 0 bridgehead atoms. The number of benzene rings is 1. The van der Waals surface area contributed by atoms with Crippen molar-refractivity contribution in [1.82, 2.24) is 0 Å². The summed E-state index contributed by atoms with van der Waals surface area (Å²) in [6, 6.07) is 4.26. The number of nitrogens with zero attached hydrogens (tertiary/aromatic N) is 1. The van der Waals surface area contributed by atoms with Crippen molar-refractivity contribution < 1.29 is 19.5 Å². The Morgan fingerprint density at radius 3 is 2.21 bits per heavy atom. The Bertz CT molecular complexity index is 538. The molecular weight excluding hydrogens is 314 g/mol. The molecule has 5 nitrogen and oxygen atoms in total. The van der Waals surface area contributed by atoms with Crippen LogP contribution >= 0.6 is 15.9 Å². The Kier molecular flexibility index (Phi) is 3.99. The fourth-order valence-corrected chi connectivity index (χ4v) is 2.56. The van der Waals surface area contributed by atoms with Crippen molar-refractivity contribution in [2.75, 3.05) is 4.90 Å². The Morgan fingerprint density at radius 1 is 1.16 bits per heavy atom. The molecule has 1 N–H and O–H groups in total. The van der Waals surface area contributed by atoms with Crippen molar-refractivity contribution in [1.29, 1.82) is 0 Å². The highest BCUT2D eigenvalue weighted by Crippen LogP contribution is 2.30. The molecule has 0 aromatic heterocycles. The number of hydrogen-bond donors (Lipinski definition) is 1. The zero-order valence-corrected chi connectivity index (χ0v) is 11.6. The van der Waals surface area contributed by atoms with Gasteiger partial charge in [-0.25, -0.2) is 9.69 Å². The molecule has 0 aliphatic carbocycles. The van der Waals surface area contributed by atoms with Gasteiger partial charge in [-0.3, -0.25) is 9.59 Å². The SMILES string of the molecule is O=C(O)c1ccc(N2C(=O)CCCCC2=O)c(Br)c1. The minimum Gasteiger partial charge on any atom is -0.478 e. The zero-order valence-electron chi connectivity index (χ0n) is 10.1. The zero-order chi connectivity index (χ0) is 14.0. The van der Waals surface area contributed by atoms with Gasteiger partial charge in [0.2, 0.25) is 11.8 Å². The highest BCUT2D eigenvalue weighted by Gasteiger charge is 2.27. The van der Waals surface area contributed by atoms with E-state index in [1.807, 2.05) is 0 Å². The minimum atomic E-state index is -1.05. The number of hydrogen-bond acceptors (Lipinski definition) is 3. The Balaban J connectivity index is 2.42. The molecule has 1 heterocycles. The number of carboxylic acids is 1. The lowest BCUT2D eigenvalue weighted by Crippen LogP contribution is -2.35. The van der Waals surface area contributed by atoms with Crippen LogP contribution in [0.15, 0.2) is 22.7 Å². The number of anilines is 1. The number of carbonyl (C=O) groups is 3. The third-order valence-corrected chi connectivity index (χ3v) is 3.60. The largest absolute Gasteiger partial charge is 0.478 e. The summed E-state index contributed by atoms with van der Waals surface area (Å²) in [6.07, 6.45) is 2.07. The summed E-state index contributed by atoms with van der Waals surface area (Å²) in [6.45, 7) is 0. The summed E-state index contributed by atoms with van der Waals surface area (Å²) in [5.41, 5.74) is 0.507. The maximum Gasteiger partial charge on any atom is 0.335 e. The van der Waals surface area contributed by atoms with Crippen molar-refractivity contribution in [3.63, 3.8) is 0 Å². The number of carbonyl (C=O) groups excluding carboxylic acids is 2. The topological polar surface area (TPSA) is 74.7 Å². The second-order valence-electron chi connectivity index (χ2n) is 4.30. The molecule has 6 heteroatoms. The van der Waals surface area contributed by atoms with E-state index in [-0.39, 0.29) is 17.4 Å². The van der Waals surface area contributed by atoms with Gasteiger partial charge < -0.3 is 5.11 Å². The van der Waals surface area contributed by atoms with E-state index in [9.17, 15) is 14.4 Å². The molecule has 1 aliphatic rings. The van der Waals surface area contributed by atoms with Gasteiger partial charge in [0.25, 0.3) is 0 Å². The lowest BCUT2D eigenvalue weighted by Gasteiger charge is -2.20. The molecule has 0 atom stereocenters. The van der Waals surface area contributed by atoms with Crippen LogP contribution in [0, 0.1) is 0 Å². The molecule has 0 spiro atoms. The van der Waals surface area contributed by atoms with Gasteiger partial charge in [-0.05, 0) is 47.0 Å². The van der Waals surface area contributed by atoms with Crippen LogP contribution in [0.1, 0.15) is 36.0 Å². The summed E-state index contributed by atoms with van der Waals surface area (Å²) in [5.74, 6) is -1.54. The molecule has 0 unspecified atom stereocenters. The number of carboxylic acid groups (broad SMARTS) is 1. The number of halogens is 1. The van der Waals surface area contributed by atoms with Crippen molar-refractivity contribution in [2.45, 2.75) is 25.7 Å². The van der Waals surface area contributed by atoms with Crippen molar-refractivity contribution >= 4 is 39.4 Å². The summed E-state index contributed by atoms with van der Waals surface area (Å²) < 4.78 is 0.427. The average molecular weight is 326 g/mol. The van der Waals surface area contributed by atoms with Crippen LogP contribution in [0.3, 0.4) is 0 Å².